The summed E-state index contributed by atoms with van der Waals surface area (Å²) >= 11 is 0. The molecule has 0 saturated carbocycles. The zero-order valence-corrected chi connectivity index (χ0v) is 12.8. The number of carbonyl (C=O) groups is 1. The molecule has 0 spiro atoms. The topological polar surface area (TPSA) is 41.6 Å². The van der Waals surface area contributed by atoms with E-state index in [1.54, 1.807) is 0 Å². The summed E-state index contributed by atoms with van der Waals surface area (Å²) in [6.45, 7) is 5.66. The molecule has 3 atom stereocenters. The zero-order valence-electron chi connectivity index (χ0n) is 12.8. The van der Waals surface area contributed by atoms with Gasteiger partial charge in [-0.2, -0.15) is 0 Å². The van der Waals surface area contributed by atoms with E-state index >= 15 is 0 Å². The molecule has 1 amide bonds. The number of benzene rings is 1. The van der Waals surface area contributed by atoms with Gasteiger partial charge in [0, 0.05) is 6.61 Å². The highest BCUT2D eigenvalue weighted by molar-refractivity contribution is 5.85. The van der Waals surface area contributed by atoms with Crippen molar-refractivity contribution < 1.29 is 9.53 Å². The molecule has 2 saturated heterocycles. The first-order chi connectivity index (χ1) is 10.2. The van der Waals surface area contributed by atoms with Crippen molar-refractivity contribution in [1.82, 2.24) is 10.2 Å². The van der Waals surface area contributed by atoms with Crippen LogP contribution in [-0.4, -0.2) is 36.1 Å². The van der Waals surface area contributed by atoms with Gasteiger partial charge in [-0.05, 0) is 24.3 Å². The van der Waals surface area contributed by atoms with Crippen molar-refractivity contribution in [1.29, 1.82) is 0 Å². The van der Waals surface area contributed by atoms with E-state index in [1.165, 1.54) is 0 Å². The molecule has 2 heterocycles. The minimum atomic E-state index is -0.0999. The Balaban J connectivity index is 1.89. The van der Waals surface area contributed by atoms with Crippen molar-refractivity contribution in [3.8, 4) is 0 Å². The first-order valence-corrected chi connectivity index (χ1v) is 7.89. The van der Waals surface area contributed by atoms with Crippen molar-refractivity contribution in [2.75, 3.05) is 13.2 Å². The lowest BCUT2D eigenvalue weighted by molar-refractivity contribution is -0.136. The van der Waals surface area contributed by atoms with Gasteiger partial charge in [0.1, 0.15) is 6.17 Å². The van der Waals surface area contributed by atoms with Crippen LogP contribution in [0.2, 0.25) is 0 Å². The summed E-state index contributed by atoms with van der Waals surface area (Å²) in [4.78, 5) is 14.9. The van der Waals surface area contributed by atoms with Crippen LogP contribution in [0.3, 0.4) is 0 Å². The molecule has 2 aliphatic heterocycles. The van der Waals surface area contributed by atoms with Gasteiger partial charge in [0.15, 0.2) is 0 Å². The highest BCUT2D eigenvalue weighted by Gasteiger charge is 2.44. The van der Waals surface area contributed by atoms with Crippen LogP contribution in [0.5, 0.6) is 0 Å². The maximum absolute atomic E-state index is 12.8. The first-order valence-electron chi connectivity index (χ1n) is 7.89. The van der Waals surface area contributed by atoms with E-state index in [-0.39, 0.29) is 24.2 Å². The zero-order chi connectivity index (χ0) is 14.8. The molecule has 1 N–H and O–H groups in total. The molecule has 3 rings (SSSR count). The van der Waals surface area contributed by atoms with E-state index < -0.39 is 0 Å². The van der Waals surface area contributed by atoms with Crippen LogP contribution >= 0.6 is 0 Å². The van der Waals surface area contributed by atoms with Crippen LogP contribution in [0.25, 0.3) is 0 Å². The van der Waals surface area contributed by atoms with Gasteiger partial charge in [0.05, 0.1) is 18.7 Å². The Labute approximate surface area is 126 Å². The predicted octanol–water partition coefficient (Wildman–Crippen LogP) is 2.32. The van der Waals surface area contributed by atoms with Crippen LogP contribution in [0.15, 0.2) is 30.3 Å². The lowest BCUT2D eigenvalue weighted by Crippen LogP contribution is -2.45. The van der Waals surface area contributed by atoms with Crippen molar-refractivity contribution in [2.45, 2.75) is 44.9 Å². The van der Waals surface area contributed by atoms with Gasteiger partial charge in [-0.3, -0.25) is 10.1 Å². The quantitative estimate of drug-likeness (QED) is 0.928. The summed E-state index contributed by atoms with van der Waals surface area (Å²) in [6, 6.07) is 10.3. The van der Waals surface area contributed by atoms with E-state index in [0.717, 1.165) is 25.0 Å². The Kier molecular flexibility index (Phi) is 4.27. The molecule has 2 fully saturated rings. The lowest BCUT2D eigenvalue weighted by Gasteiger charge is -2.35. The van der Waals surface area contributed by atoms with E-state index in [0.29, 0.717) is 12.5 Å². The second-order valence-electron chi connectivity index (χ2n) is 6.32. The minimum absolute atomic E-state index is 0.0298. The molecule has 0 radical (unpaired) electrons. The number of ether oxygens (including phenoxy) is 1. The van der Waals surface area contributed by atoms with Gasteiger partial charge in [0.2, 0.25) is 5.91 Å². The fourth-order valence-electron chi connectivity index (χ4n) is 3.31. The Morgan fingerprint density at radius 2 is 2.05 bits per heavy atom. The minimum Gasteiger partial charge on any atom is -0.379 e. The number of rotatable bonds is 3. The van der Waals surface area contributed by atoms with Gasteiger partial charge >= 0.3 is 0 Å². The molecule has 0 aliphatic carbocycles. The Morgan fingerprint density at radius 1 is 1.29 bits per heavy atom. The van der Waals surface area contributed by atoms with Crippen molar-refractivity contribution in [2.24, 2.45) is 5.92 Å². The van der Waals surface area contributed by atoms with Gasteiger partial charge in [-0.15, -0.1) is 0 Å². The average molecular weight is 288 g/mol. The molecule has 1 aromatic rings. The van der Waals surface area contributed by atoms with Crippen LogP contribution in [-0.2, 0) is 9.53 Å². The van der Waals surface area contributed by atoms with Crippen LogP contribution in [0.1, 0.15) is 38.4 Å². The summed E-state index contributed by atoms with van der Waals surface area (Å²) < 4.78 is 5.60. The first kappa shape index (κ1) is 14.5. The van der Waals surface area contributed by atoms with Crippen molar-refractivity contribution >= 4 is 5.91 Å². The van der Waals surface area contributed by atoms with E-state index in [9.17, 15) is 4.79 Å². The molecule has 0 bridgehead atoms. The monoisotopic (exact) mass is 288 g/mol. The smallest absolute Gasteiger partial charge is 0.241 e. The van der Waals surface area contributed by atoms with E-state index in [2.05, 4.69) is 31.3 Å². The summed E-state index contributed by atoms with van der Waals surface area (Å²) in [6.07, 6.45) is 2.03. The number of nitrogens with one attached hydrogen (secondary N) is 1. The maximum Gasteiger partial charge on any atom is 0.241 e. The summed E-state index contributed by atoms with van der Waals surface area (Å²) in [7, 11) is 0. The lowest BCUT2D eigenvalue weighted by atomic mass is 10.0. The van der Waals surface area contributed by atoms with Gasteiger partial charge in [0.25, 0.3) is 0 Å². The molecule has 21 heavy (non-hydrogen) atoms. The Bertz CT molecular complexity index is 483. The third-order valence-electron chi connectivity index (χ3n) is 4.45. The molecular weight excluding hydrogens is 264 g/mol. The van der Waals surface area contributed by atoms with E-state index in [4.69, 9.17) is 4.74 Å². The predicted molar refractivity (Wildman–Crippen MR) is 81.6 cm³/mol. The number of amides is 1. The Morgan fingerprint density at radius 3 is 2.67 bits per heavy atom. The molecule has 3 unspecified atom stereocenters. The second kappa shape index (κ2) is 6.16. The fourth-order valence-corrected chi connectivity index (χ4v) is 3.31. The average Bonchev–Trinajstić information content (AvgIpc) is 2.87. The largest absolute Gasteiger partial charge is 0.379 e. The number of hydrogen-bond acceptors (Lipinski definition) is 3. The maximum atomic E-state index is 12.8. The molecule has 114 valence electrons. The summed E-state index contributed by atoms with van der Waals surface area (Å²) in [5.74, 6) is 0.507. The van der Waals surface area contributed by atoms with Crippen LogP contribution in [0.4, 0.5) is 0 Å². The van der Waals surface area contributed by atoms with Crippen LogP contribution < -0.4 is 5.32 Å². The molecule has 4 heteroatoms. The molecule has 2 aliphatic rings. The standard InChI is InChI=1S/C17H24N2O2/c1-12(2)15-17(20)19(14-9-6-10-21-11-14)16(18-15)13-7-4-3-5-8-13/h3-5,7-8,12,14-16,18H,6,9-11H2,1-2H3. The Hall–Kier alpha value is -1.39. The summed E-state index contributed by atoms with van der Waals surface area (Å²) in [5.41, 5.74) is 1.15. The number of carbonyl (C=O) groups excluding carboxylic acids is 1. The van der Waals surface area contributed by atoms with E-state index in [1.807, 2.05) is 23.1 Å². The van der Waals surface area contributed by atoms with Crippen molar-refractivity contribution in [3.63, 3.8) is 0 Å². The second-order valence-corrected chi connectivity index (χ2v) is 6.32. The third-order valence-corrected chi connectivity index (χ3v) is 4.45. The highest BCUT2D eigenvalue weighted by atomic mass is 16.5. The van der Waals surface area contributed by atoms with Crippen LogP contribution in [0, 0.1) is 5.92 Å². The van der Waals surface area contributed by atoms with Gasteiger partial charge in [-0.25, -0.2) is 0 Å². The SMILES string of the molecule is CC(C)C1NC(c2ccccc2)N(C2CCCOC2)C1=O. The fraction of sp³-hybridized carbons (Fsp3) is 0.588. The highest BCUT2D eigenvalue weighted by Crippen LogP contribution is 2.32. The molecule has 0 aromatic heterocycles. The molecular formula is C17H24N2O2. The normalized spacial score (nSPS) is 30.1. The number of nitrogens with zero attached hydrogens (tertiary/aromatic N) is 1. The third kappa shape index (κ3) is 2.83. The van der Waals surface area contributed by atoms with Crippen molar-refractivity contribution in [3.05, 3.63) is 35.9 Å². The number of hydrogen-bond donors (Lipinski definition) is 1. The van der Waals surface area contributed by atoms with Gasteiger partial charge < -0.3 is 9.64 Å². The summed E-state index contributed by atoms with van der Waals surface area (Å²) in [5, 5.41) is 3.52. The van der Waals surface area contributed by atoms with Gasteiger partial charge in [-0.1, -0.05) is 44.2 Å². The molecule has 4 nitrogen and oxygen atoms in total. The molecule has 1 aromatic carbocycles.